The number of hydrogen-bond donors (Lipinski definition) is 0. The van der Waals surface area contributed by atoms with Crippen LogP contribution in [0.4, 0.5) is 0 Å². The van der Waals surface area contributed by atoms with Crippen LogP contribution in [0.5, 0.6) is 0 Å². The molecule has 54 heavy (non-hydrogen) atoms. The van der Waals surface area contributed by atoms with Crippen LogP contribution in [0, 0.1) is 0 Å². The Morgan fingerprint density at radius 1 is 0.278 bits per heavy atom. The lowest BCUT2D eigenvalue weighted by atomic mass is 9.92. The predicted molar refractivity (Wildman–Crippen MR) is 225 cm³/mol. The van der Waals surface area contributed by atoms with Crippen molar-refractivity contribution in [1.82, 2.24) is 15.0 Å². The van der Waals surface area contributed by atoms with E-state index >= 15 is 0 Å². The van der Waals surface area contributed by atoms with Gasteiger partial charge in [-0.05, 0) is 77.8 Å². The number of fused-ring (bicyclic) bond motifs is 6. The Morgan fingerprint density at radius 3 is 1.41 bits per heavy atom. The highest BCUT2D eigenvalue weighted by atomic mass is 15.0. The second kappa shape index (κ2) is 13.4. The summed E-state index contributed by atoms with van der Waals surface area (Å²) in [7, 11) is 0. The quantitative estimate of drug-likeness (QED) is 0.162. The lowest BCUT2D eigenvalue weighted by Crippen LogP contribution is -2.01. The Kier molecular flexibility index (Phi) is 4.85. The summed E-state index contributed by atoms with van der Waals surface area (Å²) >= 11 is 0. The minimum atomic E-state index is -0.778. The molecular formula is C51H33N3. The molecule has 0 atom stereocenters. The molecule has 3 nitrogen and oxygen atoms in total. The van der Waals surface area contributed by atoms with Crippen LogP contribution in [0.3, 0.4) is 0 Å². The van der Waals surface area contributed by atoms with Crippen molar-refractivity contribution in [3.05, 3.63) is 200 Å². The van der Waals surface area contributed by atoms with Gasteiger partial charge in [-0.15, -0.1) is 0 Å². The highest BCUT2D eigenvalue weighted by Gasteiger charge is 2.17. The van der Waals surface area contributed by atoms with E-state index in [-0.39, 0.29) is 50.0 Å². The second-order valence-corrected chi connectivity index (χ2v) is 12.4. The maximum Gasteiger partial charge on any atom is 0.164 e. The summed E-state index contributed by atoms with van der Waals surface area (Å²) in [6.45, 7) is 0. The Labute approximate surface area is 335 Å². The fourth-order valence-corrected chi connectivity index (χ4v) is 6.59. The summed E-state index contributed by atoms with van der Waals surface area (Å²) in [5.74, 6) is 0.0384. The van der Waals surface area contributed by atoms with Crippen molar-refractivity contribution in [2.45, 2.75) is 0 Å². The van der Waals surface area contributed by atoms with E-state index in [0.717, 1.165) is 22.3 Å². The molecule has 10 aromatic rings. The van der Waals surface area contributed by atoms with Gasteiger partial charge in [0.2, 0.25) is 0 Å². The van der Waals surface area contributed by atoms with Crippen molar-refractivity contribution in [2.24, 2.45) is 0 Å². The van der Waals surface area contributed by atoms with Crippen LogP contribution in [0.25, 0.3) is 99.9 Å². The van der Waals surface area contributed by atoms with Crippen LogP contribution in [0.15, 0.2) is 200 Å². The molecule has 0 aliphatic rings. The van der Waals surface area contributed by atoms with Crippen LogP contribution < -0.4 is 0 Å². The molecule has 0 aliphatic heterocycles. The SMILES string of the molecule is [2H]c1c([2H])c(-c2nc(-c3ccccc3)nc(-c3ccccc3-c3ccc(-c4ccccc4)cc3)n2)c([2H])c(-c2c([2H])c([2H])c3c4c([2H])c([2H])c([2H])c([2H])c4c4c([2H])c([2H])c([2H])c([2H])c4c3c2[2H])c1[2H]. The lowest BCUT2D eigenvalue weighted by Gasteiger charge is -2.14. The van der Waals surface area contributed by atoms with Gasteiger partial charge in [0.1, 0.15) is 0 Å². The van der Waals surface area contributed by atoms with Crippen LogP contribution >= 0.6 is 0 Å². The summed E-state index contributed by atoms with van der Waals surface area (Å²) in [5, 5.41) is -2.19. The third-order valence-electron chi connectivity index (χ3n) is 9.17. The molecule has 0 saturated heterocycles. The first-order chi connectivity index (χ1) is 33.0. The molecule has 3 heteroatoms. The molecule has 1 heterocycles. The molecule has 10 rings (SSSR count). The molecule has 0 aliphatic carbocycles. The van der Waals surface area contributed by atoms with Gasteiger partial charge in [0.05, 0.1) is 20.6 Å². The monoisotopic (exact) mass is 702 g/mol. The van der Waals surface area contributed by atoms with E-state index in [4.69, 9.17) is 27.3 Å². The van der Waals surface area contributed by atoms with Gasteiger partial charge in [0.25, 0.3) is 0 Å². The van der Waals surface area contributed by atoms with Crippen LogP contribution in [0.1, 0.15) is 20.6 Å². The number of aromatic nitrogens is 3. The molecule has 9 aromatic carbocycles. The fraction of sp³-hybridized carbons (Fsp3) is 0. The topological polar surface area (TPSA) is 38.7 Å². The zero-order chi connectivity index (χ0) is 48.9. The van der Waals surface area contributed by atoms with Gasteiger partial charge < -0.3 is 0 Å². The fourth-order valence-electron chi connectivity index (χ4n) is 6.59. The van der Waals surface area contributed by atoms with Gasteiger partial charge in [-0.25, -0.2) is 15.0 Å². The maximum absolute atomic E-state index is 9.77. The van der Waals surface area contributed by atoms with E-state index in [1.165, 1.54) is 0 Å². The number of benzene rings is 9. The molecule has 0 saturated carbocycles. The van der Waals surface area contributed by atoms with Gasteiger partial charge >= 0.3 is 0 Å². The molecule has 0 N–H and O–H groups in total. The highest BCUT2D eigenvalue weighted by molar-refractivity contribution is 6.25. The van der Waals surface area contributed by atoms with Gasteiger partial charge in [-0.1, -0.05) is 188 Å². The smallest absolute Gasteiger partial charge is 0.164 e. The predicted octanol–water partition coefficient (Wildman–Crippen LogP) is 13.3. The molecule has 0 spiro atoms. The van der Waals surface area contributed by atoms with Gasteiger partial charge in [-0.3, -0.25) is 0 Å². The van der Waals surface area contributed by atoms with Crippen molar-refractivity contribution in [3.63, 3.8) is 0 Å². The van der Waals surface area contributed by atoms with Crippen molar-refractivity contribution in [1.29, 1.82) is 0 Å². The van der Waals surface area contributed by atoms with Crippen LogP contribution in [0.2, 0.25) is 0 Å². The standard InChI is InChI=1S/C51H33N3/c1-3-14-34(15-4-1)35-26-28-36(29-27-35)41-20-7-12-25-47(41)51-53-49(37-16-5-2-6-17-37)52-50(54-51)40-19-13-18-38(32-40)39-30-31-46-44-23-9-8-21-42(44)43-22-10-11-24-45(43)48(46)33-39/h1-33H/i8D,9D,10D,11D,13D,18D,19D,21D,22D,23D,24D,30D,31D,32D,33D. The van der Waals surface area contributed by atoms with Gasteiger partial charge in [-0.2, -0.15) is 0 Å². The van der Waals surface area contributed by atoms with Crippen molar-refractivity contribution >= 4 is 32.3 Å². The summed E-state index contributed by atoms with van der Waals surface area (Å²) < 4.78 is 136. The van der Waals surface area contributed by atoms with E-state index in [2.05, 4.69) is 0 Å². The van der Waals surface area contributed by atoms with Crippen molar-refractivity contribution < 1.29 is 20.6 Å². The Bertz CT molecular complexity index is 3790. The highest BCUT2D eigenvalue weighted by Crippen LogP contribution is 2.38. The minimum absolute atomic E-state index is 0.141. The van der Waals surface area contributed by atoms with Gasteiger partial charge in [0, 0.05) is 16.7 Å². The normalized spacial score (nSPS) is 15.2. The molecule has 0 amide bonds. The summed E-state index contributed by atoms with van der Waals surface area (Å²) in [6, 6.07) is 23.6. The average molecular weight is 703 g/mol. The molecule has 0 unspecified atom stereocenters. The van der Waals surface area contributed by atoms with E-state index in [0.29, 0.717) is 11.1 Å². The molecule has 252 valence electrons. The van der Waals surface area contributed by atoms with Crippen LogP contribution in [-0.4, -0.2) is 15.0 Å². The molecule has 0 radical (unpaired) electrons. The Balaban J connectivity index is 1.27. The lowest BCUT2D eigenvalue weighted by molar-refractivity contribution is 1.07. The first-order valence-electron chi connectivity index (χ1n) is 24.6. The van der Waals surface area contributed by atoms with Crippen molar-refractivity contribution in [2.75, 3.05) is 0 Å². The minimum Gasteiger partial charge on any atom is -0.208 e. The third-order valence-corrected chi connectivity index (χ3v) is 9.17. The Hall–Kier alpha value is -7.23. The Morgan fingerprint density at radius 2 is 0.741 bits per heavy atom. The first-order valence-corrected chi connectivity index (χ1v) is 17.1. The van der Waals surface area contributed by atoms with Crippen molar-refractivity contribution in [3.8, 4) is 67.5 Å². The number of nitrogens with zero attached hydrogens (tertiary/aromatic N) is 3. The van der Waals surface area contributed by atoms with E-state index in [1.807, 2.05) is 84.9 Å². The van der Waals surface area contributed by atoms with E-state index in [9.17, 15) is 8.22 Å². The first kappa shape index (κ1) is 19.6. The number of hydrogen-bond acceptors (Lipinski definition) is 3. The maximum atomic E-state index is 9.77. The van der Waals surface area contributed by atoms with Crippen LogP contribution in [-0.2, 0) is 0 Å². The largest absolute Gasteiger partial charge is 0.208 e. The van der Waals surface area contributed by atoms with E-state index < -0.39 is 107 Å². The van der Waals surface area contributed by atoms with E-state index in [1.54, 1.807) is 24.3 Å². The molecule has 0 bridgehead atoms. The molecule has 0 fully saturated rings. The third kappa shape index (κ3) is 5.69. The second-order valence-electron chi connectivity index (χ2n) is 12.4. The zero-order valence-electron chi connectivity index (χ0n) is 43.2. The van der Waals surface area contributed by atoms with Gasteiger partial charge in [0.15, 0.2) is 17.5 Å². The zero-order valence-corrected chi connectivity index (χ0v) is 28.2. The molecule has 1 aromatic heterocycles. The summed E-state index contributed by atoms with van der Waals surface area (Å²) in [5.41, 5.74) is 3.27. The molecular weight excluding hydrogens is 655 g/mol. The number of rotatable bonds is 6. The summed E-state index contributed by atoms with van der Waals surface area (Å²) in [4.78, 5) is 14.5. The summed E-state index contributed by atoms with van der Waals surface area (Å²) in [6.07, 6.45) is 0. The average Bonchev–Trinajstić information content (AvgIpc) is 3.37.